The van der Waals surface area contributed by atoms with Crippen LogP contribution in [0.25, 0.3) is 17.2 Å². The molecule has 204 valence electrons. The lowest BCUT2D eigenvalue weighted by atomic mass is 10.1. The fourth-order valence-corrected chi connectivity index (χ4v) is 5.87. The molecule has 3 aromatic rings. The van der Waals surface area contributed by atoms with Crippen molar-refractivity contribution in [3.8, 4) is 5.75 Å². The van der Waals surface area contributed by atoms with Gasteiger partial charge in [0.05, 0.1) is 17.5 Å². The van der Waals surface area contributed by atoms with Crippen molar-refractivity contribution in [2.75, 3.05) is 17.2 Å². The van der Waals surface area contributed by atoms with E-state index in [1.165, 1.54) is 4.57 Å². The van der Waals surface area contributed by atoms with Crippen molar-refractivity contribution >= 4 is 75.0 Å². The average molecular weight is 693 g/mol. The van der Waals surface area contributed by atoms with Gasteiger partial charge in [0.15, 0.2) is 5.75 Å². The van der Waals surface area contributed by atoms with Crippen LogP contribution in [0.3, 0.4) is 0 Å². The van der Waals surface area contributed by atoms with Gasteiger partial charge in [0, 0.05) is 27.6 Å². The van der Waals surface area contributed by atoms with E-state index in [0.29, 0.717) is 42.1 Å². The Hall–Kier alpha value is -2.23. The van der Waals surface area contributed by atoms with Gasteiger partial charge in [-0.2, -0.15) is 16.8 Å². The average Bonchev–Trinajstić information content (AvgIpc) is 3.31. The van der Waals surface area contributed by atoms with Crippen molar-refractivity contribution in [3.05, 3.63) is 68.8 Å². The highest BCUT2D eigenvalue weighted by Gasteiger charge is 2.29. The van der Waals surface area contributed by atoms with Crippen LogP contribution >= 0.6 is 31.9 Å². The molecule has 0 bridgehead atoms. The minimum Gasteiger partial charge on any atom is -0.439 e. The van der Waals surface area contributed by atoms with Gasteiger partial charge in [-0.1, -0.05) is 38.8 Å². The first-order valence-electron chi connectivity index (χ1n) is 11.5. The number of rotatable bonds is 10. The molecule has 2 N–H and O–H groups in total. The summed E-state index contributed by atoms with van der Waals surface area (Å²) < 4.78 is 79.3. The molecule has 0 unspecified atom stereocenters. The number of hydrogen-bond acceptors (Lipinski definition) is 7. The highest BCUT2D eigenvalue weighted by Crippen LogP contribution is 2.41. The SMILES string of the molecule is CCC(=Cc1oc2ccc(Br)cc2[n+]1CS(=O)(=O)O)C=C1Oc2ccc(Br)cc2N1CCCCS(=O)(=O)O. The maximum Gasteiger partial charge on any atom is 0.375 e. The number of fused-ring (bicyclic) bond motifs is 2. The monoisotopic (exact) mass is 691 g/mol. The molecule has 1 aliphatic rings. The van der Waals surface area contributed by atoms with Crippen LogP contribution in [-0.2, 0) is 26.1 Å². The molecule has 38 heavy (non-hydrogen) atoms. The zero-order chi connectivity index (χ0) is 27.7. The van der Waals surface area contributed by atoms with Crippen LogP contribution in [0.15, 0.2) is 67.3 Å². The quantitative estimate of drug-likeness (QED) is 0.165. The fourth-order valence-electron chi connectivity index (χ4n) is 4.01. The Morgan fingerprint density at radius 3 is 2.42 bits per heavy atom. The fraction of sp³-hybridized carbons (Fsp3) is 0.292. The number of ether oxygens (including phenoxy) is 1. The molecule has 1 aromatic heterocycles. The van der Waals surface area contributed by atoms with E-state index in [4.69, 9.17) is 13.7 Å². The van der Waals surface area contributed by atoms with Crippen LogP contribution in [0.4, 0.5) is 5.69 Å². The second kappa shape index (κ2) is 11.5. The Balaban J connectivity index is 1.72. The maximum atomic E-state index is 11.8. The summed E-state index contributed by atoms with van der Waals surface area (Å²) in [5, 5.41) is 0. The molecule has 0 atom stereocenters. The van der Waals surface area contributed by atoms with Gasteiger partial charge < -0.3 is 14.1 Å². The van der Waals surface area contributed by atoms with Crippen LogP contribution in [0.5, 0.6) is 5.75 Å². The minimum absolute atomic E-state index is 0.224. The second-order valence-corrected chi connectivity index (χ2v) is 13.4. The Bertz CT molecular complexity index is 1650. The Kier molecular flexibility index (Phi) is 8.69. The number of halogens is 2. The van der Waals surface area contributed by atoms with E-state index >= 15 is 0 Å². The van der Waals surface area contributed by atoms with Gasteiger partial charge in [-0.25, -0.2) is 0 Å². The molecule has 0 saturated carbocycles. The first kappa shape index (κ1) is 28.8. The molecule has 2 heterocycles. The highest BCUT2D eigenvalue weighted by atomic mass is 79.9. The summed E-state index contributed by atoms with van der Waals surface area (Å²) in [6.45, 7) is 2.35. The van der Waals surface area contributed by atoms with Crippen molar-refractivity contribution < 1.29 is 39.7 Å². The maximum absolute atomic E-state index is 11.8. The van der Waals surface area contributed by atoms with E-state index < -0.39 is 26.1 Å². The minimum atomic E-state index is -4.37. The molecule has 0 spiro atoms. The summed E-state index contributed by atoms with van der Waals surface area (Å²) in [6.07, 6.45) is 4.77. The van der Waals surface area contributed by atoms with Crippen LogP contribution in [0.2, 0.25) is 0 Å². The summed E-state index contributed by atoms with van der Waals surface area (Å²) in [6, 6.07) is 10.7. The highest BCUT2D eigenvalue weighted by molar-refractivity contribution is 9.10. The molecule has 0 saturated heterocycles. The van der Waals surface area contributed by atoms with E-state index in [1.807, 2.05) is 30.0 Å². The molecule has 14 heteroatoms. The molecule has 0 fully saturated rings. The number of hydrogen-bond donors (Lipinski definition) is 2. The first-order chi connectivity index (χ1) is 17.8. The van der Waals surface area contributed by atoms with Gasteiger partial charge in [0.25, 0.3) is 21.5 Å². The summed E-state index contributed by atoms with van der Waals surface area (Å²) in [5.74, 6) is 0.328. The second-order valence-electron chi connectivity index (χ2n) is 8.61. The number of anilines is 1. The van der Waals surface area contributed by atoms with Crippen LogP contribution in [0, 0.1) is 0 Å². The van der Waals surface area contributed by atoms with Crippen LogP contribution in [-0.4, -0.2) is 38.2 Å². The van der Waals surface area contributed by atoms with Crippen molar-refractivity contribution in [3.63, 3.8) is 0 Å². The van der Waals surface area contributed by atoms with E-state index in [9.17, 15) is 21.4 Å². The third-order valence-electron chi connectivity index (χ3n) is 5.74. The zero-order valence-corrected chi connectivity index (χ0v) is 25.0. The Morgan fingerprint density at radius 1 is 1.03 bits per heavy atom. The Labute approximate surface area is 237 Å². The van der Waals surface area contributed by atoms with E-state index in [-0.39, 0.29) is 18.1 Å². The molecular weight excluding hydrogens is 668 g/mol. The topological polar surface area (TPSA) is 138 Å². The third-order valence-corrected chi connectivity index (χ3v) is 8.11. The van der Waals surface area contributed by atoms with Crippen LogP contribution < -0.4 is 14.2 Å². The van der Waals surface area contributed by atoms with E-state index in [2.05, 4.69) is 31.9 Å². The van der Waals surface area contributed by atoms with Crippen molar-refractivity contribution in [1.82, 2.24) is 0 Å². The smallest absolute Gasteiger partial charge is 0.375 e. The molecule has 1 aliphatic heterocycles. The van der Waals surface area contributed by atoms with Crippen molar-refractivity contribution in [2.24, 2.45) is 0 Å². The predicted molar refractivity (Wildman–Crippen MR) is 150 cm³/mol. The van der Waals surface area contributed by atoms with Gasteiger partial charge >= 0.3 is 16.0 Å². The lowest BCUT2D eigenvalue weighted by Gasteiger charge is -2.18. The third kappa shape index (κ3) is 7.24. The summed E-state index contributed by atoms with van der Waals surface area (Å²) in [4.78, 5) is 1.91. The number of nitrogens with zero attached hydrogens (tertiary/aromatic N) is 2. The number of unbranched alkanes of at least 4 members (excludes halogenated alkanes) is 1. The number of aromatic nitrogens is 1. The molecule has 2 aromatic carbocycles. The van der Waals surface area contributed by atoms with Crippen LogP contribution in [0.1, 0.15) is 32.1 Å². The first-order valence-corrected chi connectivity index (χ1v) is 16.3. The van der Waals surface area contributed by atoms with E-state index in [1.54, 1.807) is 30.4 Å². The summed E-state index contributed by atoms with van der Waals surface area (Å²) >= 11 is 6.85. The molecular formula is C24H25Br2N2O8S2+. The molecule has 4 rings (SSSR count). The Morgan fingerprint density at radius 2 is 1.74 bits per heavy atom. The van der Waals surface area contributed by atoms with E-state index in [0.717, 1.165) is 20.2 Å². The number of benzene rings is 2. The number of allylic oxidation sites excluding steroid dienone is 2. The lowest BCUT2D eigenvalue weighted by Crippen LogP contribution is -2.39. The van der Waals surface area contributed by atoms with Crippen molar-refractivity contribution in [2.45, 2.75) is 32.1 Å². The van der Waals surface area contributed by atoms with Gasteiger partial charge in [-0.05, 0) is 55.2 Å². The number of oxazole rings is 1. The van der Waals surface area contributed by atoms with Gasteiger partial charge in [-0.3, -0.25) is 9.11 Å². The van der Waals surface area contributed by atoms with Crippen molar-refractivity contribution in [1.29, 1.82) is 0 Å². The predicted octanol–water partition coefficient (Wildman–Crippen LogP) is 5.29. The molecule has 10 nitrogen and oxygen atoms in total. The molecule has 0 aliphatic carbocycles. The van der Waals surface area contributed by atoms with Gasteiger partial charge in [-0.15, -0.1) is 4.57 Å². The normalized spacial score (nSPS) is 15.3. The molecule has 0 radical (unpaired) electrons. The zero-order valence-electron chi connectivity index (χ0n) is 20.2. The molecule has 0 amide bonds. The largest absolute Gasteiger partial charge is 0.439 e. The summed E-state index contributed by atoms with van der Waals surface area (Å²) in [5.41, 5.74) is 2.47. The van der Waals surface area contributed by atoms with Gasteiger partial charge in [0.2, 0.25) is 11.5 Å². The van der Waals surface area contributed by atoms with Gasteiger partial charge in [0.1, 0.15) is 0 Å². The summed E-state index contributed by atoms with van der Waals surface area (Å²) in [7, 11) is -8.41. The standard InChI is InChI=1S/C24H24Br2N2O8S2/c1-2-16(12-24-28(15-38(32,33)34)20-14-18(26)6-8-22(20)36-24)11-23-27(9-3-4-10-37(29,30)31)19-13-17(25)5-7-21(19)35-23/h5-8,11-14H,2-4,9-10,15H2,1H3,(H-,29,30,31,32,33,34)/p+1. The lowest BCUT2D eigenvalue weighted by molar-refractivity contribution is -0.658.